The van der Waals surface area contributed by atoms with Crippen LogP contribution >= 0.6 is 0 Å². The third-order valence-electron chi connectivity index (χ3n) is 4.08. The van der Waals surface area contributed by atoms with Crippen molar-refractivity contribution in [2.45, 2.75) is 77.4 Å². The molecule has 5 heteroatoms. The van der Waals surface area contributed by atoms with Crippen molar-refractivity contribution in [3.05, 3.63) is 0 Å². The molecular formula is C15H27NO4. The maximum Gasteiger partial charge on any atom is 0.303 e. The molecule has 0 saturated heterocycles. The highest BCUT2D eigenvalue weighted by Gasteiger charge is 2.36. The van der Waals surface area contributed by atoms with Crippen LogP contribution in [0.15, 0.2) is 0 Å². The molecule has 2 unspecified atom stereocenters. The monoisotopic (exact) mass is 285 g/mol. The number of nitrogens with one attached hydrogen (secondary N) is 1. The normalized spacial score (nSPS) is 20.9. The van der Waals surface area contributed by atoms with Crippen molar-refractivity contribution >= 4 is 11.9 Å². The van der Waals surface area contributed by atoms with Crippen LogP contribution in [0.2, 0.25) is 0 Å². The summed E-state index contributed by atoms with van der Waals surface area (Å²) >= 11 is 0. The van der Waals surface area contributed by atoms with Gasteiger partial charge in [-0.25, -0.2) is 0 Å². The van der Waals surface area contributed by atoms with Crippen LogP contribution in [0, 0.1) is 5.41 Å². The van der Waals surface area contributed by atoms with Crippen molar-refractivity contribution in [3.63, 3.8) is 0 Å². The van der Waals surface area contributed by atoms with E-state index in [1.54, 1.807) is 6.92 Å². The fourth-order valence-electron chi connectivity index (χ4n) is 3.28. The van der Waals surface area contributed by atoms with E-state index in [4.69, 9.17) is 5.11 Å². The SMILES string of the molecule is CC(O)CC(C)NC(=O)CC1(CC(=O)O)CCCCC1. The Kier molecular flexibility index (Phi) is 6.46. The van der Waals surface area contributed by atoms with Crippen molar-refractivity contribution in [2.75, 3.05) is 0 Å². The van der Waals surface area contributed by atoms with Crippen LogP contribution in [0.4, 0.5) is 0 Å². The molecule has 0 aromatic carbocycles. The molecule has 0 spiro atoms. The van der Waals surface area contributed by atoms with E-state index in [0.29, 0.717) is 6.42 Å². The van der Waals surface area contributed by atoms with Gasteiger partial charge in [-0.15, -0.1) is 0 Å². The zero-order valence-electron chi connectivity index (χ0n) is 12.5. The van der Waals surface area contributed by atoms with Crippen LogP contribution in [0.5, 0.6) is 0 Å². The molecule has 0 aliphatic heterocycles. The minimum atomic E-state index is -0.822. The number of amides is 1. The number of carbonyl (C=O) groups is 2. The summed E-state index contributed by atoms with van der Waals surface area (Å²) in [7, 11) is 0. The van der Waals surface area contributed by atoms with E-state index in [1.165, 1.54) is 0 Å². The van der Waals surface area contributed by atoms with Crippen LogP contribution in [-0.4, -0.2) is 34.2 Å². The molecule has 0 aromatic heterocycles. The largest absolute Gasteiger partial charge is 0.481 e. The zero-order chi connectivity index (χ0) is 15.2. The van der Waals surface area contributed by atoms with Crippen molar-refractivity contribution in [2.24, 2.45) is 5.41 Å². The summed E-state index contributed by atoms with van der Waals surface area (Å²) in [5.41, 5.74) is -0.376. The van der Waals surface area contributed by atoms with E-state index >= 15 is 0 Å². The van der Waals surface area contributed by atoms with E-state index in [1.807, 2.05) is 6.92 Å². The summed E-state index contributed by atoms with van der Waals surface area (Å²) in [6.07, 6.45) is 5.18. The number of aliphatic carboxylic acids is 1. The first-order valence-corrected chi connectivity index (χ1v) is 7.52. The Hall–Kier alpha value is -1.10. The Morgan fingerprint density at radius 3 is 2.25 bits per heavy atom. The van der Waals surface area contributed by atoms with Crippen LogP contribution in [0.3, 0.4) is 0 Å². The van der Waals surface area contributed by atoms with Gasteiger partial charge < -0.3 is 15.5 Å². The van der Waals surface area contributed by atoms with Gasteiger partial charge in [0.15, 0.2) is 0 Å². The number of aliphatic hydroxyl groups is 1. The molecule has 1 rings (SSSR count). The second kappa shape index (κ2) is 7.62. The highest BCUT2D eigenvalue weighted by molar-refractivity contribution is 5.78. The van der Waals surface area contributed by atoms with E-state index < -0.39 is 12.1 Å². The van der Waals surface area contributed by atoms with Crippen molar-refractivity contribution < 1.29 is 19.8 Å². The fraction of sp³-hybridized carbons (Fsp3) is 0.867. The second-order valence-corrected chi connectivity index (χ2v) is 6.36. The molecular weight excluding hydrogens is 258 g/mol. The number of aliphatic hydroxyl groups excluding tert-OH is 1. The summed E-state index contributed by atoms with van der Waals surface area (Å²) in [4.78, 5) is 23.2. The predicted octanol–water partition coefficient (Wildman–Crippen LogP) is 2.08. The number of rotatable bonds is 7. The Balaban J connectivity index is 2.56. The molecule has 1 amide bonds. The number of hydrogen-bond donors (Lipinski definition) is 3. The highest BCUT2D eigenvalue weighted by atomic mass is 16.4. The molecule has 0 aromatic rings. The maximum absolute atomic E-state index is 12.1. The van der Waals surface area contributed by atoms with Gasteiger partial charge in [0.2, 0.25) is 5.91 Å². The van der Waals surface area contributed by atoms with Gasteiger partial charge >= 0.3 is 5.97 Å². The van der Waals surface area contributed by atoms with Gasteiger partial charge in [0, 0.05) is 12.5 Å². The first kappa shape index (κ1) is 17.0. The molecule has 0 bridgehead atoms. The van der Waals surface area contributed by atoms with Crippen LogP contribution in [0.25, 0.3) is 0 Å². The van der Waals surface area contributed by atoms with E-state index in [-0.39, 0.29) is 30.2 Å². The third-order valence-corrected chi connectivity index (χ3v) is 4.08. The fourth-order valence-corrected chi connectivity index (χ4v) is 3.28. The summed E-state index contributed by atoms with van der Waals surface area (Å²) in [6, 6.07) is -0.0898. The second-order valence-electron chi connectivity index (χ2n) is 6.36. The van der Waals surface area contributed by atoms with Gasteiger partial charge in [-0.05, 0) is 38.5 Å². The van der Waals surface area contributed by atoms with Gasteiger partial charge in [0.25, 0.3) is 0 Å². The zero-order valence-corrected chi connectivity index (χ0v) is 12.5. The molecule has 5 nitrogen and oxygen atoms in total. The molecule has 1 aliphatic rings. The molecule has 116 valence electrons. The van der Waals surface area contributed by atoms with Crippen molar-refractivity contribution in [1.82, 2.24) is 5.32 Å². The molecule has 1 saturated carbocycles. The van der Waals surface area contributed by atoms with E-state index in [2.05, 4.69) is 5.32 Å². The Labute approximate surface area is 120 Å². The van der Waals surface area contributed by atoms with Crippen LogP contribution in [-0.2, 0) is 9.59 Å². The number of carboxylic acids is 1. The summed E-state index contributed by atoms with van der Waals surface area (Å²) in [6.45, 7) is 3.55. The lowest BCUT2D eigenvalue weighted by Gasteiger charge is -2.35. The quantitative estimate of drug-likeness (QED) is 0.668. The number of hydrogen-bond acceptors (Lipinski definition) is 3. The molecule has 1 fully saturated rings. The van der Waals surface area contributed by atoms with Crippen molar-refractivity contribution in [1.29, 1.82) is 0 Å². The summed E-state index contributed by atoms with van der Waals surface area (Å²) in [5.74, 6) is -0.918. The van der Waals surface area contributed by atoms with Gasteiger partial charge in [-0.1, -0.05) is 19.3 Å². The lowest BCUT2D eigenvalue weighted by Crippen LogP contribution is -2.39. The number of carbonyl (C=O) groups excluding carboxylic acids is 1. The molecule has 0 radical (unpaired) electrons. The van der Waals surface area contributed by atoms with Gasteiger partial charge in [0.1, 0.15) is 0 Å². The molecule has 2 atom stereocenters. The minimum absolute atomic E-state index is 0.0746. The lowest BCUT2D eigenvalue weighted by molar-refractivity contribution is -0.141. The number of carboxylic acid groups (broad SMARTS) is 1. The smallest absolute Gasteiger partial charge is 0.303 e. The minimum Gasteiger partial charge on any atom is -0.481 e. The molecule has 1 aliphatic carbocycles. The predicted molar refractivity (Wildman–Crippen MR) is 76.3 cm³/mol. The topological polar surface area (TPSA) is 86.6 Å². The van der Waals surface area contributed by atoms with E-state index in [9.17, 15) is 14.7 Å². The molecule has 3 N–H and O–H groups in total. The third kappa shape index (κ3) is 5.90. The summed E-state index contributed by atoms with van der Waals surface area (Å²) < 4.78 is 0. The van der Waals surface area contributed by atoms with Gasteiger partial charge in [-0.3, -0.25) is 9.59 Å². The maximum atomic E-state index is 12.1. The lowest BCUT2D eigenvalue weighted by atomic mass is 9.69. The Bertz CT molecular complexity index is 335. The average Bonchev–Trinajstić information content (AvgIpc) is 2.26. The first-order chi connectivity index (χ1) is 9.33. The van der Waals surface area contributed by atoms with Crippen LogP contribution < -0.4 is 5.32 Å². The Morgan fingerprint density at radius 1 is 1.15 bits per heavy atom. The molecule has 20 heavy (non-hydrogen) atoms. The van der Waals surface area contributed by atoms with Gasteiger partial charge in [-0.2, -0.15) is 0 Å². The Morgan fingerprint density at radius 2 is 1.75 bits per heavy atom. The van der Waals surface area contributed by atoms with Crippen molar-refractivity contribution in [3.8, 4) is 0 Å². The van der Waals surface area contributed by atoms with Gasteiger partial charge in [0.05, 0.1) is 12.5 Å². The van der Waals surface area contributed by atoms with Crippen LogP contribution in [0.1, 0.15) is 65.2 Å². The van der Waals surface area contributed by atoms with E-state index in [0.717, 1.165) is 32.1 Å². The standard InChI is InChI=1S/C15H27NO4/c1-11(8-12(2)17)16-13(18)9-15(10-14(19)20)6-4-3-5-7-15/h11-12,17H,3-10H2,1-2H3,(H,16,18)(H,19,20). The highest BCUT2D eigenvalue weighted by Crippen LogP contribution is 2.42. The first-order valence-electron chi connectivity index (χ1n) is 7.52. The molecule has 0 heterocycles. The summed E-state index contributed by atoms with van der Waals surface area (Å²) in [5, 5.41) is 21.2. The average molecular weight is 285 g/mol.